The van der Waals surface area contributed by atoms with Gasteiger partial charge in [0.25, 0.3) is 0 Å². The van der Waals surface area contributed by atoms with E-state index < -0.39 is 5.91 Å². The van der Waals surface area contributed by atoms with Gasteiger partial charge in [0.05, 0.1) is 6.54 Å². The molecular weight excluding hydrogens is 328 g/mol. The van der Waals surface area contributed by atoms with E-state index in [1.54, 1.807) is 24.3 Å². The van der Waals surface area contributed by atoms with Gasteiger partial charge in [-0.1, -0.05) is 18.2 Å². The standard InChI is InChI=1S/C20H24N4O2/c1-15-4-2-3-5-18(15)24-12-10-23(11-13-24)14-19(25)22-17-8-6-16(7-9-17)20(21)26/h2-9H,10-14H2,1H3,(H2,21,26)(H,22,25). The molecule has 0 radical (unpaired) electrons. The number of hydrogen-bond donors (Lipinski definition) is 2. The van der Waals surface area contributed by atoms with Crippen LogP contribution >= 0.6 is 0 Å². The van der Waals surface area contributed by atoms with E-state index >= 15 is 0 Å². The quantitative estimate of drug-likeness (QED) is 0.861. The van der Waals surface area contributed by atoms with Gasteiger partial charge in [-0.3, -0.25) is 14.5 Å². The van der Waals surface area contributed by atoms with Gasteiger partial charge in [-0.25, -0.2) is 0 Å². The second kappa shape index (κ2) is 8.01. The van der Waals surface area contributed by atoms with Crippen LogP contribution in [0.25, 0.3) is 0 Å². The summed E-state index contributed by atoms with van der Waals surface area (Å²) < 4.78 is 0. The molecule has 0 unspecified atom stereocenters. The molecule has 136 valence electrons. The van der Waals surface area contributed by atoms with Crippen molar-refractivity contribution in [2.45, 2.75) is 6.92 Å². The van der Waals surface area contributed by atoms with Gasteiger partial charge >= 0.3 is 0 Å². The van der Waals surface area contributed by atoms with Crippen molar-refractivity contribution < 1.29 is 9.59 Å². The lowest BCUT2D eigenvalue weighted by Crippen LogP contribution is -2.48. The Balaban J connectivity index is 1.49. The summed E-state index contributed by atoms with van der Waals surface area (Å²) in [5, 5.41) is 2.86. The third-order valence-corrected chi connectivity index (χ3v) is 4.65. The Morgan fingerprint density at radius 1 is 1.00 bits per heavy atom. The van der Waals surface area contributed by atoms with Crippen LogP contribution in [0.15, 0.2) is 48.5 Å². The fourth-order valence-corrected chi connectivity index (χ4v) is 3.19. The molecule has 6 heteroatoms. The molecule has 3 N–H and O–H groups in total. The zero-order valence-electron chi connectivity index (χ0n) is 14.9. The second-order valence-electron chi connectivity index (χ2n) is 6.54. The molecule has 1 saturated heterocycles. The molecule has 0 spiro atoms. The van der Waals surface area contributed by atoms with E-state index in [0.29, 0.717) is 17.8 Å². The molecule has 6 nitrogen and oxygen atoms in total. The number of anilines is 2. The molecule has 2 aromatic carbocycles. The second-order valence-corrected chi connectivity index (χ2v) is 6.54. The van der Waals surface area contributed by atoms with Gasteiger partial charge in [-0.15, -0.1) is 0 Å². The van der Waals surface area contributed by atoms with Crippen LogP contribution < -0.4 is 16.0 Å². The largest absolute Gasteiger partial charge is 0.369 e. The molecule has 0 aromatic heterocycles. The van der Waals surface area contributed by atoms with Crippen LogP contribution in [0, 0.1) is 6.92 Å². The third kappa shape index (κ3) is 4.40. The average Bonchev–Trinajstić information content (AvgIpc) is 2.63. The molecule has 1 aliphatic heterocycles. The van der Waals surface area contributed by atoms with E-state index in [9.17, 15) is 9.59 Å². The number of nitrogens with one attached hydrogen (secondary N) is 1. The molecule has 0 aliphatic carbocycles. The molecule has 0 saturated carbocycles. The molecular formula is C20H24N4O2. The first kappa shape index (κ1) is 17.9. The van der Waals surface area contributed by atoms with E-state index in [-0.39, 0.29) is 5.91 Å². The van der Waals surface area contributed by atoms with E-state index in [2.05, 4.69) is 46.3 Å². The Bertz CT molecular complexity index is 781. The Kier molecular flexibility index (Phi) is 5.53. The van der Waals surface area contributed by atoms with Crippen LogP contribution in [0.2, 0.25) is 0 Å². The van der Waals surface area contributed by atoms with Crippen LogP contribution in [0.5, 0.6) is 0 Å². The number of amides is 2. The zero-order valence-corrected chi connectivity index (χ0v) is 14.9. The highest BCUT2D eigenvalue weighted by Crippen LogP contribution is 2.20. The predicted octanol–water partition coefficient (Wildman–Crippen LogP) is 1.85. The number of carbonyl (C=O) groups is 2. The summed E-state index contributed by atoms with van der Waals surface area (Å²) in [4.78, 5) is 27.8. The molecule has 3 rings (SSSR count). The molecule has 0 bridgehead atoms. The molecule has 26 heavy (non-hydrogen) atoms. The number of carbonyl (C=O) groups excluding carboxylic acids is 2. The first-order chi connectivity index (χ1) is 12.5. The van der Waals surface area contributed by atoms with Gasteiger partial charge in [0.2, 0.25) is 11.8 Å². The topological polar surface area (TPSA) is 78.7 Å². The summed E-state index contributed by atoms with van der Waals surface area (Å²) in [5.41, 5.74) is 8.85. The van der Waals surface area contributed by atoms with Gasteiger partial charge in [0, 0.05) is 43.1 Å². The van der Waals surface area contributed by atoms with Crippen LogP contribution in [0.1, 0.15) is 15.9 Å². The van der Waals surface area contributed by atoms with Gasteiger partial charge in [0.1, 0.15) is 0 Å². The maximum atomic E-state index is 12.2. The Labute approximate surface area is 153 Å². The highest BCUT2D eigenvalue weighted by atomic mass is 16.2. The molecule has 1 fully saturated rings. The summed E-state index contributed by atoms with van der Waals surface area (Å²) >= 11 is 0. The highest BCUT2D eigenvalue weighted by Gasteiger charge is 2.20. The lowest BCUT2D eigenvalue weighted by molar-refractivity contribution is -0.117. The van der Waals surface area contributed by atoms with Crippen LogP contribution in [0.3, 0.4) is 0 Å². The van der Waals surface area contributed by atoms with Gasteiger partial charge in [-0.05, 0) is 42.8 Å². The number of primary amides is 1. The van der Waals surface area contributed by atoms with Crippen molar-refractivity contribution >= 4 is 23.2 Å². The van der Waals surface area contributed by atoms with Crippen LogP contribution in [-0.2, 0) is 4.79 Å². The SMILES string of the molecule is Cc1ccccc1N1CCN(CC(=O)Nc2ccc(C(N)=O)cc2)CC1. The lowest BCUT2D eigenvalue weighted by Gasteiger charge is -2.36. The first-order valence-electron chi connectivity index (χ1n) is 8.75. The molecule has 0 atom stereocenters. The monoisotopic (exact) mass is 352 g/mol. The number of piperazine rings is 1. The van der Waals surface area contributed by atoms with Crippen LogP contribution in [0.4, 0.5) is 11.4 Å². The number of aryl methyl sites for hydroxylation is 1. The number of benzene rings is 2. The Morgan fingerprint density at radius 2 is 1.65 bits per heavy atom. The van der Waals surface area contributed by atoms with Crippen molar-refractivity contribution in [2.75, 3.05) is 42.9 Å². The van der Waals surface area contributed by atoms with Crippen molar-refractivity contribution in [2.24, 2.45) is 5.73 Å². The molecule has 2 aromatic rings. The van der Waals surface area contributed by atoms with E-state index in [4.69, 9.17) is 5.73 Å². The fraction of sp³-hybridized carbons (Fsp3) is 0.300. The molecule has 2 amide bonds. The molecule has 1 aliphatic rings. The lowest BCUT2D eigenvalue weighted by atomic mass is 10.1. The van der Waals surface area contributed by atoms with E-state index in [1.165, 1.54) is 11.3 Å². The normalized spacial score (nSPS) is 14.9. The van der Waals surface area contributed by atoms with Gasteiger partial charge in [-0.2, -0.15) is 0 Å². The highest BCUT2D eigenvalue weighted by molar-refractivity contribution is 5.95. The predicted molar refractivity (Wildman–Crippen MR) is 103 cm³/mol. The number of para-hydroxylation sites is 1. The van der Waals surface area contributed by atoms with Crippen LogP contribution in [-0.4, -0.2) is 49.4 Å². The number of rotatable bonds is 5. The minimum atomic E-state index is -0.477. The van der Waals surface area contributed by atoms with E-state index in [1.807, 2.05) is 0 Å². The third-order valence-electron chi connectivity index (χ3n) is 4.65. The summed E-state index contributed by atoms with van der Waals surface area (Å²) in [7, 11) is 0. The Hall–Kier alpha value is -2.86. The maximum absolute atomic E-state index is 12.2. The summed E-state index contributed by atoms with van der Waals surface area (Å²) in [6.45, 7) is 6.00. The zero-order chi connectivity index (χ0) is 18.5. The minimum absolute atomic E-state index is 0.0545. The number of nitrogens with two attached hydrogens (primary N) is 1. The van der Waals surface area contributed by atoms with Gasteiger partial charge < -0.3 is 16.0 Å². The van der Waals surface area contributed by atoms with Crippen molar-refractivity contribution in [1.29, 1.82) is 0 Å². The average molecular weight is 352 g/mol. The van der Waals surface area contributed by atoms with Crippen molar-refractivity contribution in [3.05, 3.63) is 59.7 Å². The number of nitrogens with zero attached hydrogens (tertiary/aromatic N) is 2. The first-order valence-corrected chi connectivity index (χ1v) is 8.75. The van der Waals surface area contributed by atoms with Gasteiger partial charge in [0.15, 0.2) is 0 Å². The van der Waals surface area contributed by atoms with Crippen molar-refractivity contribution in [1.82, 2.24) is 4.90 Å². The van der Waals surface area contributed by atoms with Crippen molar-refractivity contribution in [3.8, 4) is 0 Å². The fourth-order valence-electron chi connectivity index (χ4n) is 3.19. The minimum Gasteiger partial charge on any atom is -0.369 e. The summed E-state index contributed by atoms with van der Waals surface area (Å²) in [6.07, 6.45) is 0. The maximum Gasteiger partial charge on any atom is 0.248 e. The Morgan fingerprint density at radius 3 is 2.27 bits per heavy atom. The summed E-state index contributed by atoms with van der Waals surface area (Å²) in [6, 6.07) is 15.0. The summed E-state index contributed by atoms with van der Waals surface area (Å²) in [5.74, 6) is -0.532. The van der Waals surface area contributed by atoms with Crippen molar-refractivity contribution in [3.63, 3.8) is 0 Å². The molecule has 1 heterocycles. The number of hydrogen-bond acceptors (Lipinski definition) is 4. The smallest absolute Gasteiger partial charge is 0.248 e. The van der Waals surface area contributed by atoms with E-state index in [0.717, 1.165) is 26.2 Å².